The number of aromatic nitrogens is 2. The maximum atomic E-state index is 12.9. The van der Waals surface area contributed by atoms with E-state index < -0.39 is 42.4 Å². The zero-order valence-corrected chi connectivity index (χ0v) is 11.3. The van der Waals surface area contributed by atoms with Gasteiger partial charge in [-0.2, -0.15) is 0 Å². The Hall–Kier alpha value is -2.50. The van der Waals surface area contributed by atoms with E-state index in [2.05, 4.69) is 4.98 Å². The lowest BCUT2D eigenvalue weighted by Crippen LogP contribution is -2.36. The van der Waals surface area contributed by atoms with Crippen LogP contribution in [-0.4, -0.2) is 21.1 Å². The molecule has 2 aromatic rings. The highest BCUT2D eigenvalue weighted by Crippen LogP contribution is 2.24. The molecule has 1 aromatic carbocycles. The Labute approximate surface area is 124 Å². The van der Waals surface area contributed by atoms with E-state index in [-0.39, 0.29) is 28.5 Å². The number of Topliss-reactive ketones (excluding diaryl/α,β-unsaturated/α-hetero) is 2. The molecule has 6 heteroatoms. The number of carbonyl (C=O) groups excluding carboxylic acids is 2. The molecule has 0 saturated heterocycles. The van der Waals surface area contributed by atoms with Gasteiger partial charge in [-0.05, 0) is 25.5 Å². The summed E-state index contributed by atoms with van der Waals surface area (Å²) in [5.41, 5.74) is 5.31. The van der Waals surface area contributed by atoms with Crippen LogP contribution >= 0.6 is 0 Å². The molecule has 108 valence electrons. The first-order valence-electron chi connectivity index (χ1n) is 8.01. The number of ketones is 2. The van der Waals surface area contributed by atoms with Crippen molar-refractivity contribution in [3.63, 3.8) is 0 Å². The Bertz CT molecular complexity index is 956. The topological polar surface area (TPSA) is 95.0 Å². The predicted molar refractivity (Wildman–Crippen MR) is 78.1 cm³/mol. The number of nitrogen functional groups attached to an aromatic ring is 1. The van der Waals surface area contributed by atoms with Crippen LogP contribution < -0.4 is 11.3 Å². The van der Waals surface area contributed by atoms with Gasteiger partial charge in [0.25, 0.3) is 5.56 Å². The van der Waals surface area contributed by atoms with Gasteiger partial charge >= 0.3 is 0 Å². The molecule has 0 aliphatic heterocycles. The molecule has 1 aliphatic carbocycles. The molecule has 6 nitrogen and oxygen atoms in total. The normalized spacial score (nSPS) is 28.2. The lowest BCUT2D eigenvalue weighted by atomic mass is 9.92. The van der Waals surface area contributed by atoms with Crippen molar-refractivity contribution in [2.45, 2.75) is 32.2 Å². The van der Waals surface area contributed by atoms with E-state index >= 15 is 0 Å². The van der Waals surface area contributed by atoms with Gasteiger partial charge in [-0.15, -0.1) is 0 Å². The second-order valence-electron chi connectivity index (χ2n) is 4.88. The maximum Gasteiger partial charge on any atom is 0.264 e. The van der Waals surface area contributed by atoms with Crippen LogP contribution in [0.3, 0.4) is 0 Å². The Morgan fingerprint density at radius 2 is 2.29 bits per heavy atom. The molecular weight excluding hydrogens is 270 g/mol. The number of nitrogens with zero attached hydrogens (tertiary/aromatic N) is 2. The van der Waals surface area contributed by atoms with Crippen molar-refractivity contribution in [2.24, 2.45) is 0 Å². The monoisotopic (exact) mass is 288 g/mol. The Morgan fingerprint density at radius 3 is 3.05 bits per heavy atom. The van der Waals surface area contributed by atoms with Gasteiger partial charge in [0, 0.05) is 13.5 Å². The van der Waals surface area contributed by atoms with Gasteiger partial charge in [0.1, 0.15) is 11.6 Å². The van der Waals surface area contributed by atoms with Crippen molar-refractivity contribution >= 4 is 28.2 Å². The second-order valence-corrected chi connectivity index (χ2v) is 4.88. The molecule has 1 heterocycles. The number of fused-ring (bicyclic) bond motifs is 1. The van der Waals surface area contributed by atoms with Crippen LogP contribution in [0.5, 0.6) is 0 Å². The first-order valence-corrected chi connectivity index (χ1v) is 6.44. The predicted octanol–water partition coefficient (Wildman–Crippen LogP) is 1.15. The van der Waals surface area contributed by atoms with E-state index in [4.69, 9.17) is 9.85 Å². The van der Waals surface area contributed by atoms with Crippen LogP contribution in [0.4, 0.5) is 5.69 Å². The molecule has 1 aromatic heterocycles. The molecule has 1 saturated carbocycles. The molecule has 2 N–H and O–H groups in total. The number of aryl methyl sites for hydroxylation is 1. The van der Waals surface area contributed by atoms with Crippen LogP contribution in [0, 0.1) is 6.92 Å². The van der Waals surface area contributed by atoms with Gasteiger partial charge in [0.05, 0.1) is 26.1 Å². The van der Waals surface area contributed by atoms with Gasteiger partial charge in [0.2, 0.25) is 0 Å². The quantitative estimate of drug-likeness (QED) is 0.627. The number of benzene rings is 1. The Balaban J connectivity index is 2.35. The summed E-state index contributed by atoms with van der Waals surface area (Å²) in [5.74, 6) is -1.24. The molecule has 21 heavy (non-hydrogen) atoms. The summed E-state index contributed by atoms with van der Waals surface area (Å²) in [7, 11) is 0. The van der Waals surface area contributed by atoms with Crippen LogP contribution in [-0.2, 0) is 9.59 Å². The highest BCUT2D eigenvalue weighted by atomic mass is 16.2. The van der Waals surface area contributed by atoms with Gasteiger partial charge in [0.15, 0.2) is 5.78 Å². The minimum absolute atomic E-state index is 0.00842. The third-order valence-corrected chi connectivity index (χ3v) is 3.47. The fourth-order valence-electron chi connectivity index (χ4n) is 2.48. The number of rotatable bonds is 1. The summed E-state index contributed by atoms with van der Waals surface area (Å²) in [6, 6.07) is 0.736. The molecule has 0 radical (unpaired) electrons. The fraction of sp³-hybridized carbons (Fsp3) is 0.333. The zero-order valence-electron chi connectivity index (χ0n) is 14.3. The van der Waals surface area contributed by atoms with Gasteiger partial charge in [-0.3, -0.25) is 19.0 Å². The van der Waals surface area contributed by atoms with E-state index in [1.165, 1.54) is 19.1 Å². The van der Waals surface area contributed by atoms with Crippen LogP contribution in [0.15, 0.2) is 23.0 Å². The highest BCUT2D eigenvalue weighted by Gasteiger charge is 2.30. The average Bonchev–Trinajstić information content (AvgIpc) is 2.49. The van der Waals surface area contributed by atoms with E-state index in [0.717, 1.165) is 4.57 Å². The minimum Gasteiger partial charge on any atom is -0.398 e. The van der Waals surface area contributed by atoms with Crippen molar-refractivity contribution in [1.82, 2.24) is 9.55 Å². The third kappa shape index (κ3) is 2.12. The summed E-state index contributed by atoms with van der Waals surface area (Å²) < 4.78 is 25.0. The molecule has 2 atom stereocenters. The van der Waals surface area contributed by atoms with Crippen molar-refractivity contribution in [2.75, 3.05) is 5.73 Å². The van der Waals surface area contributed by atoms with Crippen LogP contribution in [0.2, 0.25) is 0 Å². The molecule has 1 aliphatic rings. The number of hydrogen-bond acceptors (Lipinski definition) is 5. The summed E-state index contributed by atoms with van der Waals surface area (Å²) in [6.07, 6.45) is -2.23. The molecule has 0 amide bonds. The molecule has 2 unspecified atom stereocenters. The minimum atomic E-state index is -2.08. The van der Waals surface area contributed by atoms with E-state index in [9.17, 15) is 14.4 Å². The lowest BCUT2D eigenvalue weighted by Gasteiger charge is -2.24. The van der Waals surface area contributed by atoms with Crippen molar-refractivity contribution in [3.8, 4) is 0 Å². The zero-order chi connectivity index (χ0) is 17.8. The fourth-order valence-corrected chi connectivity index (χ4v) is 2.48. The van der Waals surface area contributed by atoms with Gasteiger partial charge in [-0.25, -0.2) is 4.98 Å². The number of hydrogen-bond donors (Lipinski definition) is 1. The Kier molecular flexibility index (Phi) is 2.35. The molecule has 0 spiro atoms. The molecule has 1 fully saturated rings. The van der Waals surface area contributed by atoms with Crippen LogP contribution in [0.1, 0.15) is 35.2 Å². The molecule has 3 rings (SSSR count). The summed E-state index contributed by atoms with van der Waals surface area (Å²) >= 11 is 0. The van der Waals surface area contributed by atoms with E-state index in [1.807, 2.05) is 0 Å². The summed E-state index contributed by atoms with van der Waals surface area (Å²) in [4.78, 5) is 41.0. The van der Waals surface area contributed by atoms with E-state index in [1.54, 1.807) is 0 Å². The SMILES string of the molecule is [2H]c1ccc(N)c2c(=O)n(C3([2H])CC([2H])C(=O)CC3=O)c(C)nc12. The lowest BCUT2D eigenvalue weighted by molar-refractivity contribution is -0.132. The Morgan fingerprint density at radius 1 is 1.52 bits per heavy atom. The smallest absolute Gasteiger partial charge is 0.264 e. The number of nitrogens with two attached hydrogens (primary N) is 1. The van der Waals surface area contributed by atoms with Crippen molar-refractivity contribution < 1.29 is 13.7 Å². The number of carbonyl (C=O) groups is 2. The highest BCUT2D eigenvalue weighted by molar-refractivity contribution is 6.03. The summed E-state index contributed by atoms with van der Waals surface area (Å²) in [5, 5.41) is -0.0362. The first kappa shape index (κ1) is 10.3. The average molecular weight is 288 g/mol. The van der Waals surface area contributed by atoms with Crippen molar-refractivity contribution in [3.05, 3.63) is 34.4 Å². The molecule has 0 bridgehead atoms. The number of anilines is 1. The largest absolute Gasteiger partial charge is 0.398 e. The van der Waals surface area contributed by atoms with Crippen LogP contribution in [0.25, 0.3) is 10.9 Å². The molecular formula is C15H15N3O3. The second kappa shape index (κ2) is 4.80. The van der Waals surface area contributed by atoms with Crippen molar-refractivity contribution in [1.29, 1.82) is 0 Å². The third-order valence-electron chi connectivity index (χ3n) is 3.47. The maximum absolute atomic E-state index is 12.9. The first-order chi connectivity index (χ1) is 11.2. The van der Waals surface area contributed by atoms with Gasteiger partial charge < -0.3 is 5.73 Å². The van der Waals surface area contributed by atoms with E-state index in [0.29, 0.717) is 0 Å². The standard InChI is InChI=1S/C15H15N3O3/c1-8-17-11-4-2-3-10(16)14(11)15(21)18(8)12-6-5-9(19)7-13(12)20/h2-4,12H,5-7,16H2,1H3/i4D,5D,12D. The van der Waals surface area contributed by atoms with Gasteiger partial charge in [-0.1, -0.05) is 6.07 Å². The summed E-state index contributed by atoms with van der Waals surface area (Å²) in [6.45, 7) is 1.45.